The van der Waals surface area contributed by atoms with Gasteiger partial charge < -0.3 is 9.80 Å². The molecule has 0 unspecified atom stereocenters. The van der Waals surface area contributed by atoms with Crippen LogP contribution in [0, 0.1) is 5.92 Å². The quantitative estimate of drug-likeness (QED) is 0.392. The number of hydrogen-bond acceptors (Lipinski definition) is 3. The first kappa shape index (κ1) is 20.3. The van der Waals surface area contributed by atoms with Gasteiger partial charge in [-0.3, -0.25) is 14.4 Å². The average Bonchev–Trinajstić information content (AvgIpc) is 2.50. The average molecular weight is 310 g/mol. The van der Waals surface area contributed by atoms with Crippen LogP contribution in [0.1, 0.15) is 46.5 Å². The van der Waals surface area contributed by atoms with E-state index in [1.807, 2.05) is 18.7 Å². The molecule has 0 saturated carbocycles. The highest BCUT2D eigenvalue weighted by atomic mass is 16.2. The van der Waals surface area contributed by atoms with Crippen molar-refractivity contribution in [1.82, 2.24) is 9.80 Å². The Morgan fingerprint density at radius 2 is 1.82 bits per heavy atom. The first-order chi connectivity index (χ1) is 10.5. The van der Waals surface area contributed by atoms with Crippen LogP contribution in [0.3, 0.4) is 0 Å². The first-order valence-electron chi connectivity index (χ1n) is 8.19. The minimum absolute atomic E-state index is 0.164. The largest absolute Gasteiger partial charge is 0.342 e. The van der Waals surface area contributed by atoms with E-state index in [-0.39, 0.29) is 11.8 Å². The number of carbonyl (C=O) groups excluding carboxylic acids is 3. The van der Waals surface area contributed by atoms with E-state index in [0.29, 0.717) is 25.2 Å². The van der Waals surface area contributed by atoms with E-state index in [4.69, 9.17) is 0 Å². The van der Waals surface area contributed by atoms with Crippen LogP contribution in [-0.2, 0) is 14.4 Å². The second kappa shape index (κ2) is 12.0. The third kappa shape index (κ3) is 7.96. The molecule has 2 amide bonds. The van der Waals surface area contributed by atoms with Crippen LogP contribution in [-0.4, -0.2) is 54.6 Å². The van der Waals surface area contributed by atoms with Gasteiger partial charge in [0.1, 0.15) is 6.29 Å². The Bertz CT molecular complexity index is 374. The van der Waals surface area contributed by atoms with Gasteiger partial charge in [0, 0.05) is 39.2 Å². The molecule has 1 rings (SSSR count). The fraction of sp³-hybridized carbons (Fsp3) is 0.706. The summed E-state index contributed by atoms with van der Waals surface area (Å²) in [6, 6.07) is 0. The van der Waals surface area contributed by atoms with Gasteiger partial charge in [-0.25, -0.2) is 0 Å². The molecule has 1 saturated heterocycles. The third-order valence-electron chi connectivity index (χ3n) is 3.49. The summed E-state index contributed by atoms with van der Waals surface area (Å²) in [5, 5.41) is 0. The van der Waals surface area contributed by atoms with Gasteiger partial charge >= 0.3 is 0 Å². The summed E-state index contributed by atoms with van der Waals surface area (Å²) in [5.74, 6) is 0.738. The molecule has 22 heavy (non-hydrogen) atoms. The summed E-state index contributed by atoms with van der Waals surface area (Å²) >= 11 is 0. The first-order valence-corrected chi connectivity index (χ1v) is 8.19. The standard InChI is InChI=1S/C15H24N2O3.C2H6/c1-13-11-17(12-13)15(20)7-4-3-5-9-16(2)14(19)8-6-10-18;1-2/h6,8,10,13H,3-5,7,9,11-12H2,1-2H3;1-2H3/b8-6-;. The van der Waals surface area contributed by atoms with Crippen LogP contribution in [0.15, 0.2) is 12.2 Å². The molecule has 0 bridgehead atoms. The van der Waals surface area contributed by atoms with Crippen LogP contribution in [0.2, 0.25) is 0 Å². The molecule has 0 aromatic heterocycles. The maximum absolute atomic E-state index is 11.7. The Morgan fingerprint density at radius 3 is 2.36 bits per heavy atom. The minimum atomic E-state index is -0.164. The molecule has 5 nitrogen and oxygen atoms in total. The van der Waals surface area contributed by atoms with Crippen molar-refractivity contribution in [2.24, 2.45) is 5.92 Å². The zero-order valence-corrected chi connectivity index (χ0v) is 14.4. The summed E-state index contributed by atoms with van der Waals surface area (Å²) in [4.78, 5) is 36.8. The highest BCUT2D eigenvalue weighted by molar-refractivity contribution is 5.90. The van der Waals surface area contributed by atoms with Gasteiger partial charge in [0.15, 0.2) is 0 Å². The molecule has 1 heterocycles. The number of likely N-dealkylation sites (N-methyl/N-ethyl adjacent to an activating group) is 1. The fourth-order valence-electron chi connectivity index (χ4n) is 2.22. The number of hydrogen-bond donors (Lipinski definition) is 0. The Balaban J connectivity index is 0.00000211. The molecule has 0 atom stereocenters. The molecule has 126 valence electrons. The number of unbranched alkanes of at least 4 members (excludes halogenated alkanes) is 2. The highest BCUT2D eigenvalue weighted by Gasteiger charge is 2.26. The Labute approximate surface area is 134 Å². The van der Waals surface area contributed by atoms with E-state index in [9.17, 15) is 14.4 Å². The monoisotopic (exact) mass is 310 g/mol. The number of allylic oxidation sites excluding steroid dienone is 1. The fourth-order valence-corrected chi connectivity index (χ4v) is 2.22. The van der Waals surface area contributed by atoms with Gasteiger partial charge in [0.25, 0.3) is 0 Å². The van der Waals surface area contributed by atoms with Crippen LogP contribution < -0.4 is 0 Å². The van der Waals surface area contributed by atoms with E-state index in [0.717, 1.165) is 32.4 Å². The number of rotatable bonds is 8. The molecule has 0 aliphatic carbocycles. The van der Waals surface area contributed by atoms with E-state index < -0.39 is 0 Å². The van der Waals surface area contributed by atoms with E-state index in [2.05, 4.69) is 6.92 Å². The van der Waals surface area contributed by atoms with Crippen molar-refractivity contribution in [1.29, 1.82) is 0 Å². The molecule has 1 aliphatic heterocycles. The number of amides is 2. The Morgan fingerprint density at radius 1 is 1.18 bits per heavy atom. The molecule has 0 aromatic carbocycles. The summed E-state index contributed by atoms with van der Waals surface area (Å²) in [6.07, 6.45) is 6.34. The predicted octanol–water partition coefficient (Wildman–Crippen LogP) is 2.26. The lowest BCUT2D eigenvalue weighted by Gasteiger charge is -2.37. The summed E-state index contributed by atoms with van der Waals surface area (Å²) in [7, 11) is 1.71. The highest BCUT2D eigenvalue weighted by Crippen LogP contribution is 2.16. The normalized spacial score (nSPS) is 14.1. The topological polar surface area (TPSA) is 57.7 Å². The van der Waals surface area contributed by atoms with Crippen molar-refractivity contribution >= 4 is 18.1 Å². The SMILES string of the molecule is CC.CC1CN(C(=O)CCCCCN(C)C(=O)/C=C\C=O)C1. The predicted molar refractivity (Wildman–Crippen MR) is 88.4 cm³/mol. The number of nitrogens with zero attached hydrogens (tertiary/aromatic N) is 2. The maximum atomic E-state index is 11.7. The zero-order valence-electron chi connectivity index (χ0n) is 14.4. The number of aldehydes is 1. The summed E-state index contributed by atoms with van der Waals surface area (Å²) < 4.78 is 0. The molecule has 5 heteroatoms. The van der Waals surface area contributed by atoms with E-state index >= 15 is 0 Å². The van der Waals surface area contributed by atoms with Crippen molar-refractivity contribution in [2.45, 2.75) is 46.5 Å². The lowest BCUT2D eigenvalue weighted by molar-refractivity contribution is -0.137. The summed E-state index contributed by atoms with van der Waals surface area (Å²) in [6.45, 7) is 8.60. The van der Waals surface area contributed by atoms with Crippen LogP contribution >= 0.6 is 0 Å². The molecular weight excluding hydrogens is 280 g/mol. The van der Waals surface area contributed by atoms with Gasteiger partial charge in [-0.1, -0.05) is 27.2 Å². The Hall–Kier alpha value is -1.65. The maximum Gasteiger partial charge on any atom is 0.246 e. The van der Waals surface area contributed by atoms with Gasteiger partial charge in [0.2, 0.25) is 11.8 Å². The smallest absolute Gasteiger partial charge is 0.246 e. The molecule has 0 aromatic rings. The second-order valence-electron chi connectivity index (χ2n) is 5.47. The van der Waals surface area contributed by atoms with E-state index in [1.165, 1.54) is 12.2 Å². The third-order valence-corrected chi connectivity index (χ3v) is 3.49. The van der Waals surface area contributed by atoms with Crippen molar-refractivity contribution in [3.63, 3.8) is 0 Å². The zero-order chi connectivity index (χ0) is 17.0. The minimum Gasteiger partial charge on any atom is -0.342 e. The van der Waals surface area contributed by atoms with Crippen molar-refractivity contribution < 1.29 is 14.4 Å². The van der Waals surface area contributed by atoms with Crippen LogP contribution in [0.4, 0.5) is 0 Å². The lowest BCUT2D eigenvalue weighted by Crippen LogP contribution is -2.48. The molecule has 1 aliphatic rings. The van der Waals surface area contributed by atoms with Crippen LogP contribution in [0.5, 0.6) is 0 Å². The molecule has 1 fully saturated rings. The molecule has 0 spiro atoms. The van der Waals surface area contributed by atoms with Gasteiger partial charge in [-0.05, 0) is 24.8 Å². The second-order valence-corrected chi connectivity index (χ2v) is 5.47. The summed E-state index contributed by atoms with van der Waals surface area (Å²) in [5.41, 5.74) is 0. The van der Waals surface area contributed by atoms with Crippen molar-refractivity contribution in [2.75, 3.05) is 26.7 Å². The lowest BCUT2D eigenvalue weighted by atomic mass is 10.0. The number of carbonyl (C=O) groups is 3. The van der Waals surface area contributed by atoms with E-state index in [1.54, 1.807) is 11.9 Å². The Kier molecular flexibility index (Phi) is 11.1. The molecule has 0 radical (unpaired) electrons. The van der Waals surface area contributed by atoms with Gasteiger partial charge in [-0.15, -0.1) is 0 Å². The van der Waals surface area contributed by atoms with Crippen LogP contribution in [0.25, 0.3) is 0 Å². The van der Waals surface area contributed by atoms with Crippen molar-refractivity contribution in [3.8, 4) is 0 Å². The van der Waals surface area contributed by atoms with Gasteiger partial charge in [-0.2, -0.15) is 0 Å². The van der Waals surface area contributed by atoms with Crippen molar-refractivity contribution in [3.05, 3.63) is 12.2 Å². The molecular formula is C17H30N2O3. The van der Waals surface area contributed by atoms with Gasteiger partial charge in [0.05, 0.1) is 0 Å². The number of likely N-dealkylation sites (tertiary alicyclic amines) is 1. The molecule has 0 N–H and O–H groups in total.